The largest absolute Gasteiger partial charge is 0.481 e. The molecule has 1 aliphatic rings. The molecule has 5 heteroatoms. The fourth-order valence-corrected chi connectivity index (χ4v) is 2.29. The topological polar surface area (TPSA) is 67.5 Å². The molecule has 5 nitrogen and oxygen atoms in total. The van der Waals surface area contributed by atoms with Gasteiger partial charge in [-0.1, -0.05) is 30.3 Å². The first kappa shape index (κ1) is 13.5. The van der Waals surface area contributed by atoms with Gasteiger partial charge in [-0.05, 0) is 24.3 Å². The van der Waals surface area contributed by atoms with Crippen LogP contribution >= 0.6 is 0 Å². The van der Waals surface area contributed by atoms with Crippen LogP contribution in [-0.4, -0.2) is 26.6 Å². The Morgan fingerprint density at radius 3 is 2.71 bits per heavy atom. The van der Waals surface area contributed by atoms with Gasteiger partial charge in [-0.3, -0.25) is 4.79 Å². The van der Waals surface area contributed by atoms with Crippen LogP contribution in [0.2, 0.25) is 0 Å². The molecule has 1 heterocycles. The molecule has 0 spiro atoms. The van der Waals surface area contributed by atoms with E-state index in [1.807, 2.05) is 36.4 Å². The molecule has 0 saturated heterocycles. The van der Waals surface area contributed by atoms with Crippen molar-refractivity contribution in [1.29, 1.82) is 0 Å². The second-order valence-electron chi connectivity index (χ2n) is 5.28. The molecule has 0 radical (unpaired) electrons. The van der Waals surface area contributed by atoms with Gasteiger partial charge in [0.05, 0.1) is 19.2 Å². The Morgan fingerprint density at radius 1 is 1.29 bits per heavy atom. The summed E-state index contributed by atoms with van der Waals surface area (Å²) < 4.78 is 1.81. The Balaban J connectivity index is 1.82. The van der Waals surface area contributed by atoms with E-state index >= 15 is 0 Å². The van der Waals surface area contributed by atoms with Gasteiger partial charge in [-0.15, -0.1) is 0 Å². The van der Waals surface area contributed by atoms with Crippen LogP contribution < -0.4 is 0 Å². The van der Waals surface area contributed by atoms with Crippen LogP contribution in [0.15, 0.2) is 47.6 Å². The van der Waals surface area contributed by atoms with Gasteiger partial charge in [0.25, 0.3) is 0 Å². The molecule has 1 saturated carbocycles. The van der Waals surface area contributed by atoms with Gasteiger partial charge >= 0.3 is 5.97 Å². The number of carboxylic acids is 1. The van der Waals surface area contributed by atoms with Gasteiger partial charge in [0.1, 0.15) is 0 Å². The summed E-state index contributed by atoms with van der Waals surface area (Å²) >= 11 is 0. The molecule has 1 aliphatic carbocycles. The number of hydrogen-bond donors (Lipinski definition) is 1. The second kappa shape index (κ2) is 5.91. The maximum absolute atomic E-state index is 10.9. The molecule has 0 aliphatic heterocycles. The first-order valence-corrected chi connectivity index (χ1v) is 7.07. The van der Waals surface area contributed by atoms with Crippen molar-refractivity contribution in [2.45, 2.75) is 25.8 Å². The molecule has 0 unspecified atom stereocenters. The lowest BCUT2D eigenvalue weighted by atomic mass is 10.2. The fourth-order valence-electron chi connectivity index (χ4n) is 2.29. The summed E-state index contributed by atoms with van der Waals surface area (Å²) in [5.41, 5.74) is 1.90. The van der Waals surface area contributed by atoms with Crippen molar-refractivity contribution in [3.8, 4) is 0 Å². The zero-order valence-corrected chi connectivity index (χ0v) is 11.6. The Hall–Kier alpha value is -2.43. The molecule has 2 aromatic rings. The number of aliphatic carboxylic acids is 1. The highest BCUT2D eigenvalue weighted by molar-refractivity contribution is 6.01. The monoisotopic (exact) mass is 283 g/mol. The van der Waals surface area contributed by atoms with E-state index in [1.165, 1.54) is 0 Å². The van der Waals surface area contributed by atoms with E-state index < -0.39 is 5.97 Å². The van der Waals surface area contributed by atoms with Crippen LogP contribution in [0.3, 0.4) is 0 Å². The first-order chi connectivity index (χ1) is 10.2. The molecule has 0 bridgehead atoms. The molecular formula is C16H17N3O2. The Labute approximate surface area is 122 Å². The van der Waals surface area contributed by atoms with Gasteiger partial charge < -0.3 is 5.11 Å². The lowest BCUT2D eigenvalue weighted by Crippen LogP contribution is -2.09. The van der Waals surface area contributed by atoms with Gasteiger partial charge in [0.2, 0.25) is 0 Å². The summed E-state index contributed by atoms with van der Waals surface area (Å²) in [6.45, 7) is 0.637. The predicted molar refractivity (Wildman–Crippen MR) is 79.8 cm³/mol. The summed E-state index contributed by atoms with van der Waals surface area (Å²) in [5.74, 6) is 0.234. The molecule has 1 aromatic heterocycles. The minimum absolute atomic E-state index is 0.0151. The Bertz CT molecular complexity index is 657. The summed E-state index contributed by atoms with van der Waals surface area (Å²) in [7, 11) is 0. The SMILES string of the molecule is O=C(O)C/C(=N/c1ccnn1Cc1ccccc1)C1CC1. The maximum atomic E-state index is 10.9. The van der Waals surface area contributed by atoms with Crippen molar-refractivity contribution in [2.24, 2.45) is 10.9 Å². The van der Waals surface area contributed by atoms with Crippen LogP contribution in [0.1, 0.15) is 24.8 Å². The highest BCUT2D eigenvalue weighted by atomic mass is 16.4. The van der Waals surface area contributed by atoms with Crippen molar-refractivity contribution < 1.29 is 9.90 Å². The molecule has 0 atom stereocenters. The van der Waals surface area contributed by atoms with E-state index in [9.17, 15) is 4.79 Å². The average Bonchev–Trinajstić information content (AvgIpc) is 3.23. The normalized spacial score (nSPS) is 15.1. The number of aliphatic imine (C=N–C) groups is 1. The van der Waals surface area contributed by atoms with Crippen LogP contribution in [-0.2, 0) is 11.3 Å². The zero-order valence-electron chi connectivity index (χ0n) is 11.6. The predicted octanol–water partition coefficient (Wildman–Crippen LogP) is 2.89. The third-order valence-corrected chi connectivity index (χ3v) is 3.51. The van der Waals surface area contributed by atoms with Crippen molar-refractivity contribution in [3.63, 3.8) is 0 Å². The Morgan fingerprint density at radius 2 is 2.05 bits per heavy atom. The van der Waals surface area contributed by atoms with Crippen LogP contribution in [0.5, 0.6) is 0 Å². The minimum atomic E-state index is -0.824. The fraction of sp³-hybridized carbons (Fsp3) is 0.312. The second-order valence-corrected chi connectivity index (χ2v) is 5.28. The van der Waals surface area contributed by atoms with Gasteiger partial charge in [-0.2, -0.15) is 5.10 Å². The van der Waals surface area contributed by atoms with Gasteiger partial charge in [-0.25, -0.2) is 9.67 Å². The third kappa shape index (κ3) is 3.56. The third-order valence-electron chi connectivity index (χ3n) is 3.51. The van der Waals surface area contributed by atoms with Crippen molar-refractivity contribution in [2.75, 3.05) is 0 Å². The first-order valence-electron chi connectivity index (χ1n) is 7.07. The van der Waals surface area contributed by atoms with Crippen LogP contribution in [0.25, 0.3) is 0 Å². The molecule has 3 rings (SSSR count). The van der Waals surface area contributed by atoms with E-state index in [1.54, 1.807) is 10.9 Å². The minimum Gasteiger partial charge on any atom is -0.481 e. The zero-order chi connectivity index (χ0) is 14.7. The van der Waals surface area contributed by atoms with Gasteiger partial charge in [0.15, 0.2) is 5.82 Å². The lowest BCUT2D eigenvalue weighted by Gasteiger charge is -2.06. The van der Waals surface area contributed by atoms with E-state index in [2.05, 4.69) is 10.1 Å². The average molecular weight is 283 g/mol. The number of nitrogens with zero attached hydrogens (tertiary/aromatic N) is 3. The van der Waals surface area contributed by atoms with E-state index in [-0.39, 0.29) is 6.42 Å². The molecular weight excluding hydrogens is 266 g/mol. The standard InChI is InChI=1S/C16H17N3O2/c20-16(21)10-14(13-6-7-13)18-15-8-9-17-19(15)11-12-4-2-1-3-5-12/h1-5,8-9,13H,6-7,10-11H2,(H,20,21)/b18-14-. The number of hydrogen-bond acceptors (Lipinski definition) is 3. The number of carbonyl (C=O) groups is 1. The lowest BCUT2D eigenvalue weighted by molar-refractivity contribution is -0.135. The smallest absolute Gasteiger partial charge is 0.309 e. The number of aromatic nitrogens is 2. The molecule has 108 valence electrons. The quantitative estimate of drug-likeness (QED) is 0.829. The number of carboxylic acid groups (broad SMARTS) is 1. The summed E-state index contributed by atoms with van der Waals surface area (Å²) in [4.78, 5) is 15.5. The Kier molecular flexibility index (Phi) is 3.81. The van der Waals surface area contributed by atoms with Crippen molar-refractivity contribution in [1.82, 2.24) is 9.78 Å². The molecule has 1 aromatic carbocycles. The summed E-state index contributed by atoms with van der Waals surface area (Å²) in [6.07, 6.45) is 3.80. The number of benzene rings is 1. The summed E-state index contributed by atoms with van der Waals surface area (Å²) in [5, 5.41) is 13.3. The molecule has 21 heavy (non-hydrogen) atoms. The molecule has 0 amide bonds. The van der Waals surface area contributed by atoms with Crippen molar-refractivity contribution >= 4 is 17.5 Å². The van der Waals surface area contributed by atoms with E-state index in [4.69, 9.17) is 5.11 Å². The van der Waals surface area contributed by atoms with Crippen LogP contribution in [0.4, 0.5) is 5.82 Å². The van der Waals surface area contributed by atoms with E-state index in [0.29, 0.717) is 12.5 Å². The number of rotatable bonds is 6. The summed E-state index contributed by atoms with van der Waals surface area (Å²) in [6, 6.07) is 11.9. The highest BCUT2D eigenvalue weighted by Crippen LogP contribution is 2.33. The van der Waals surface area contributed by atoms with Crippen molar-refractivity contribution in [3.05, 3.63) is 48.2 Å². The molecule has 1 N–H and O–H groups in total. The van der Waals surface area contributed by atoms with Gasteiger partial charge in [0, 0.05) is 11.8 Å². The maximum Gasteiger partial charge on any atom is 0.309 e. The van der Waals surface area contributed by atoms with E-state index in [0.717, 1.165) is 29.9 Å². The van der Waals surface area contributed by atoms with Crippen LogP contribution in [0, 0.1) is 5.92 Å². The highest BCUT2D eigenvalue weighted by Gasteiger charge is 2.29. The molecule has 1 fully saturated rings.